The van der Waals surface area contributed by atoms with Gasteiger partial charge in [-0.05, 0) is 54.9 Å². The van der Waals surface area contributed by atoms with Gasteiger partial charge < -0.3 is 5.73 Å². The monoisotopic (exact) mass is 286 g/mol. The summed E-state index contributed by atoms with van der Waals surface area (Å²) in [5, 5.41) is 0.670. The maximum Gasteiger partial charge on any atom is 0.0756 e. The minimum atomic E-state index is -0.0974. The van der Waals surface area contributed by atoms with E-state index in [1.54, 1.807) is 6.20 Å². The Morgan fingerprint density at radius 3 is 2.95 bits per heavy atom. The maximum absolute atomic E-state index is 6.34. The summed E-state index contributed by atoms with van der Waals surface area (Å²) in [6, 6.07) is 12.3. The Labute approximate surface area is 125 Å². The average Bonchev–Trinajstić information content (AvgIpc) is 2.48. The van der Waals surface area contributed by atoms with Crippen LogP contribution in [0.25, 0.3) is 0 Å². The first-order valence-electron chi connectivity index (χ1n) is 7.19. The van der Waals surface area contributed by atoms with Crippen LogP contribution in [0.4, 0.5) is 0 Å². The number of benzene rings is 1. The van der Waals surface area contributed by atoms with Gasteiger partial charge in [-0.25, -0.2) is 0 Å². The second kappa shape index (κ2) is 5.94. The highest BCUT2D eigenvalue weighted by Gasteiger charge is 2.23. The molecule has 0 bridgehead atoms. The molecule has 2 aromatic rings. The average molecular weight is 287 g/mol. The molecule has 104 valence electrons. The second-order valence-electron chi connectivity index (χ2n) is 5.50. The molecule has 20 heavy (non-hydrogen) atoms. The molecule has 0 spiro atoms. The topological polar surface area (TPSA) is 38.9 Å². The lowest BCUT2D eigenvalue weighted by Crippen LogP contribution is -2.19. The predicted molar refractivity (Wildman–Crippen MR) is 82.9 cm³/mol. The molecule has 2 atom stereocenters. The van der Waals surface area contributed by atoms with Crippen LogP contribution >= 0.6 is 11.6 Å². The quantitative estimate of drug-likeness (QED) is 0.916. The Morgan fingerprint density at radius 1 is 1.25 bits per heavy atom. The fourth-order valence-corrected chi connectivity index (χ4v) is 3.45. The van der Waals surface area contributed by atoms with Crippen molar-refractivity contribution in [1.29, 1.82) is 0 Å². The molecule has 0 fully saturated rings. The lowest BCUT2D eigenvalue weighted by molar-refractivity contribution is 0.471. The number of aromatic nitrogens is 1. The molecule has 0 saturated heterocycles. The van der Waals surface area contributed by atoms with E-state index in [-0.39, 0.29) is 6.04 Å². The van der Waals surface area contributed by atoms with E-state index in [0.29, 0.717) is 10.9 Å². The third-order valence-electron chi connectivity index (χ3n) is 4.17. The van der Waals surface area contributed by atoms with Gasteiger partial charge in [0.15, 0.2) is 0 Å². The van der Waals surface area contributed by atoms with E-state index in [4.69, 9.17) is 17.3 Å². The Balaban J connectivity index is 1.81. The molecule has 1 aromatic carbocycles. The van der Waals surface area contributed by atoms with E-state index in [1.165, 1.54) is 30.4 Å². The first kappa shape index (κ1) is 13.6. The molecule has 0 radical (unpaired) electrons. The minimum Gasteiger partial charge on any atom is -0.323 e. The van der Waals surface area contributed by atoms with Crippen molar-refractivity contribution in [3.8, 4) is 0 Å². The van der Waals surface area contributed by atoms with Gasteiger partial charge in [-0.3, -0.25) is 4.98 Å². The van der Waals surface area contributed by atoms with E-state index in [9.17, 15) is 0 Å². The van der Waals surface area contributed by atoms with Crippen molar-refractivity contribution in [2.24, 2.45) is 5.73 Å². The van der Waals surface area contributed by atoms with E-state index >= 15 is 0 Å². The summed E-state index contributed by atoms with van der Waals surface area (Å²) < 4.78 is 0. The molecular formula is C17H19ClN2. The third-order valence-corrected chi connectivity index (χ3v) is 4.49. The Morgan fingerprint density at radius 2 is 2.10 bits per heavy atom. The number of pyridine rings is 1. The Kier molecular flexibility index (Phi) is 4.04. The van der Waals surface area contributed by atoms with Crippen LogP contribution < -0.4 is 5.73 Å². The van der Waals surface area contributed by atoms with Gasteiger partial charge in [-0.1, -0.05) is 35.9 Å². The van der Waals surface area contributed by atoms with E-state index in [2.05, 4.69) is 29.2 Å². The molecule has 1 aliphatic carbocycles. The zero-order valence-electron chi connectivity index (χ0n) is 11.4. The van der Waals surface area contributed by atoms with Crippen LogP contribution in [0.3, 0.4) is 0 Å². The number of rotatable bonds is 3. The van der Waals surface area contributed by atoms with Gasteiger partial charge in [-0.15, -0.1) is 0 Å². The zero-order valence-corrected chi connectivity index (χ0v) is 12.2. The van der Waals surface area contributed by atoms with Gasteiger partial charge in [0.25, 0.3) is 0 Å². The number of halogens is 1. The number of hydrogen-bond donors (Lipinski definition) is 1. The number of aryl methyl sites for hydroxylation is 1. The fourth-order valence-electron chi connectivity index (χ4n) is 3.19. The van der Waals surface area contributed by atoms with Crippen molar-refractivity contribution in [2.75, 3.05) is 0 Å². The SMILES string of the molecule is NC(CC1CCCc2ccccc21)c1ncccc1Cl. The molecule has 0 amide bonds. The van der Waals surface area contributed by atoms with Gasteiger partial charge >= 0.3 is 0 Å². The molecular weight excluding hydrogens is 268 g/mol. The van der Waals surface area contributed by atoms with Crippen LogP contribution in [0.1, 0.15) is 48.0 Å². The van der Waals surface area contributed by atoms with Crippen LogP contribution in [0, 0.1) is 0 Å². The smallest absolute Gasteiger partial charge is 0.0756 e. The summed E-state index contributed by atoms with van der Waals surface area (Å²) in [5.74, 6) is 0.521. The molecule has 3 heteroatoms. The molecule has 1 aromatic heterocycles. The summed E-state index contributed by atoms with van der Waals surface area (Å²) >= 11 is 6.19. The summed E-state index contributed by atoms with van der Waals surface area (Å²) in [7, 11) is 0. The van der Waals surface area contributed by atoms with Crippen LogP contribution in [0.2, 0.25) is 5.02 Å². The molecule has 3 rings (SSSR count). The van der Waals surface area contributed by atoms with E-state index in [0.717, 1.165) is 12.1 Å². The number of fused-ring (bicyclic) bond motifs is 1. The first-order valence-corrected chi connectivity index (χ1v) is 7.57. The largest absolute Gasteiger partial charge is 0.323 e. The summed E-state index contributed by atoms with van der Waals surface area (Å²) in [6.45, 7) is 0. The van der Waals surface area contributed by atoms with Gasteiger partial charge in [0.2, 0.25) is 0 Å². The molecule has 2 nitrogen and oxygen atoms in total. The van der Waals surface area contributed by atoms with Crippen LogP contribution in [0.15, 0.2) is 42.6 Å². The Bertz CT molecular complexity index is 597. The Hall–Kier alpha value is -1.38. The number of nitrogens with two attached hydrogens (primary N) is 1. The molecule has 2 unspecified atom stereocenters. The fraction of sp³-hybridized carbons (Fsp3) is 0.353. The third kappa shape index (κ3) is 2.72. The van der Waals surface area contributed by atoms with Crippen molar-refractivity contribution in [1.82, 2.24) is 4.98 Å². The zero-order chi connectivity index (χ0) is 13.9. The van der Waals surface area contributed by atoms with Gasteiger partial charge in [0.1, 0.15) is 0 Å². The lowest BCUT2D eigenvalue weighted by Gasteiger charge is -2.27. The van der Waals surface area contributed by atoms with Crippen molar-refractivity contribution in [3.05, 3.63) is 64.4 Å². The number of hydrogen-bond acceptors (Lipinski definition) is 2. The van der Waals surface area contributed by atoms with Crippen molar-refractivity contribution < 1.29 is 0 Å². The molecule has 1 aliphatic rings. The van der Waals surface area contributed by atoms with Crippen molar-refractivity contribution >= 4 is 11.6 Å². The highest BCUT2D eigenvalue weighted by Crippen LogP contribution is 2.37. The summed E-state index contributed by atoms with van der Waals surface area (Å²) in [5.41, 5.74) is 10.1. The van der Waals surface area contributed by atoms with Crippen molar-refractivity contribution in [2.45, 2.75) is 37.6 Å². The van der Waals surface area contributed by atoms with Gasteiger partial charge in [0, 0.05) is 12.2 Å². The molecule has 1 heterocycles. The summed E-state index contributed by atoms with van der Waals surface area (Å²) in [4.78, 5) is 4.34. The molecule has 0 aliphatic heterocycles. The van der Waals surface area contributed by atoms with Gasteiger partial charge in [0.05, 0.1) is 10.7 Å². The molecule has 2 N–H and O–H groups in total. The van der Waals surface area contributed by atoms with Crippen LogP contribution in [-0.4, -0.2) is 4.98 Å². The van der Waals surface area contributed by atoms with Crippen LogP contribution in [-0.2, 0) is 6.42 Å². The summed E-state index contributed by atoms with van der Waals surface area (Å²) in [6.07, 6.45) is 6.30. The normalized spacial score (nSPS) is 19.4. The highest BCUT2D eigenvalue weighted by molar-refractivity contribution is 6.31. The maximum atomic E-state index is 6.34. The highest BCUT2D eigenvalue weighted by atomic mass is 35.5. The first-order chi connectivity index (χ1) is 9.75. The van der Waals surface area contributed by atoms with E-state index < -0.39 is 0 Å². The second-order valence-corrected chi connectivity index (χ2v) is 5.91. The number of nitrogens with zero attached hydrogens (tertiary/aromatic N) is 1. The minimum absolute atomic E-state index is 0.0974. The van der Waals surface area contributed by atoms with E-state index in [1.807, 2.05) is 12.1 Å². The van der Waals surface area contributed by atoms with Crippen LogP contribution in [0.5, 0.6) is 0 Å². The lowest BCUT2D eigenvalue weighted by atomic mass is 9.79. The van der Waals surface area contributed by atoms with Crippen molar-refractivity contribution in [3.63, 3.8) is 0 Å². The predicted octanol–water partition coefficient (Wildman–Crippen LogP) is 4.25. The van der Waals surface area contributed by atoms with Gasteiger partial charge in [-0.2, -0.15) is 0 Å². The standard InChI is InChI=1S/C17H19ClN2/c18-15-9-4-10-20-17(15)16(19)11-13-7-3-6-12-5-1-2-8-14(12)13/h1-2,4-5,8-10,13,16H,3,6-7,11,19H2. The molecule has 0 saturated carbocycles.